The van der Waals surface area contributed by atoms with Gasteiger partial charge in [0.25, 0.3) is 0 Å². The molecule has 1 heterocycles. The Morgan fingerprint density at radius 3 is 2.41 bits per heavy atom. The summed E-state index contributed by atoms with van der Waals surface area (Å²) in [4.78, 5) is 15.1. The molecule has 0 unspecified atom stereocenters. The largest absolute Gasteiger partial charge is 0.497 e. The Morgan fingerprint density at radius 1 is 1.11 bits per heavy atom. The number of benzene rings is 2. The van der Waals surface area contributed by atoms with Gasteiger partial charge >= 0.3 is 12.1 Å². The third-order valence-corrected chi connectivity index (χ3v) is 3.87. The summed E-state index contributed by atoms with van der Waals surface area (Å²) < 4.78 is 49.7. The van der Waals surface area contributed by atoms with Gasteiger partial charge in [-0.15, -0.1) is 0 Å². The van der Waals surface area contributed by atoms with E-state index in [4.69, 9.17) is 9.47 Å². The SMILES string of the molecule is COc1ccc(COc2cc(C(=O)O)nc3ccc(C(F)(F)F)cc23)cc1. The maximum absolute atomic E-state index is 13.0. The van der Waals surface area contributed by atoms with Gasteiger partial charge in [0, 0.05) is 11.5 Å². The molecule has 5 nitrogen and oxygen atoms in total. The molecule has 0 aliphatic carbocycles. The summed E-state index contributed by atoms with van der Waals surface area (Å²) in [6.07, 6.45) is -4.53. The Labute approximate surface area is 152 Å². The molecule has 0 aliphatic heterocycles. The summed E-state index contributed by atoms with van der Waals surface area (Å²) in [7, 11) is 1.53. The molecule has 0 fully saturated rings. The average molecular weight is 377 g/mol. The molecule has 3 aromatic rings. The Morgan fingerprint density at radius 2 is 1.81 bits per heavy atom. The van der Waals surface area contributed by atoms with E-state index in [1.165, 1.54) is 7.11 Å². The van der Waals surface area contributed by atoms with Gasteiger partial charge in [0.2, 0.25) is 0 Å². The molecule has 0 atom stereocenters. The Hall–Kier alpha value is -3.29. The predicted molar refractivity (Wildman–Crippen MR) is 91.0 cm³/mol. The van der Waals surface area contributed by atoms with E-state index in [1.807, 2.05) is 0 Å². The standard InChI is InChI=1S/C19H14F3NO4/c1-26-13-5-2-11(3-6-13)10-27-17-9-16(18(24)25)23-15-7-4-12(8-14(15)17)19(20,21)22/h2-9H,10H2,1H3,(H,24,25). The fraction of sp³-hybridized carbons (Fsp3) is 0.158. The zero-order valence-corrected chi connectivity index (χ0v) is 14.1. The minimum absolute atomic E-state index is 0.0133. The molecule has 0 saturated heterocycles. The third-order valence-electron chi connectivity index (χ3n) is 3.87. The van der Waals surface area contributed by atoms with Gasteiger partial charge in [0.05, 0.1) is 18.2 Å². The van der Waals surface area contributed by atoms with Crippen molar-refractivity contribution >= 4 is 16.9 Å². The van der Waals surface area contributed by atoms with Crippen LogP contribution in [0.25, 0.3) is 10.9 Å². The quantitative estimate of drug-likeness (QED) is 0.707. The van der Waals surface area contributed by atoms with Crippen molar-refractivity contribution in [3.63, 3.8) is 0 Å². The molecule has 3 rings (SSSR count). The van der Waals surface area contributed by atoms with Crippen LogP contribution in [0.2, 0.25) is 0 Å². The average Bonchev–Trinajstić information content (AvgIpc) is 2.65. The second-order valence-electron chi connectivity index (χ2n) is 5.68. The zero-order valence-electron chi connectivity index (χ0n) is 14.1. The van der Waals surface area contributed by atoms with Crippen LogP contribution >= 0.6 is 0 Å². The van der Waals surface area contributed by atoms with Gasteiger partial charge in [0.15, 0.2) is 5.69 Å². The van der Waals surface area contributed by atoms with Crippen molar-refractivity contribution in [1.29, 1.82) is 0 Å². The lowest BCUT2D eigenvalue weighted by Gasteiger charge is -2.13. The Kier molecular flexibility index (Phi) is 4.89. The monoisotopic (exact) mass is 377 g/mol. The number of nitrogens with zero attached hydrogens (tertiary/aromatic N) is 1. The number of hydrogen-bond acceptors (Lipinski definition) is 4. The molecule has 0 amide bonds. The van der Waals surface area contributed by atoms with Crippen LogP contribution in [0.15, 0.2) is 48.5 Å². The molecule has 8 heteroatoms. The number of alkyl halides is 3. The number of rotatable bonds is 5. The van der Waals surface area contributed by atoms with Crippen molar-refractivity contribution in [3.8, 4) is 11.5 Å². The van der Waals surface area contributed by atoms with Crippen LogP contribution in [0.1, 0.15) is 21.6 Å². The van der Waals surface area contributed by atoms with E-state index < -0.39 is 17.7 Å². The lowest BCUT2D eigenvalue weighted by Crippen LogP contribution is -2.07. The highest BCUT2D eigenvalue weighted by atomic mass is 19.4. The number of ether oxygens (including phenoxy) is 2. The molecule has 2 aromatic carbocycles. The normalized spacial score (nSPS) is 11.4. The van der Waals surface area contributed by atoms with Gasteiger partial charge in [-0.25, -0.2) is 9.78 Å². The number of halogens is 3. The number of aromatic nitrogens is 1. The van der Waals surface area contributed by atoms with Gasteiger partial charge < -0.3 is 14.6 Å². The fourth-order valence-corrected chi connectivity index (χ4v) is 2.48. The van der Waals surface area contributed by atoms with Crippen LogP contribution in [-0.4, -0.2) is 23.2 Å². The smallest absolute Gasteiger partial charge is 0.416 e. The molecule has 0 spiro atoms. The first-order valence-corrected chi connectivity index (χ1v) is 7.79. The molecule has 140 valence electrons. The summed E-state index contributed by atoms with van der Waals surface area (Å²) in [5.74, 6) is -0.637. The van der Waals surface area contributed by atoms with E-state index in [1.54, 1.807) is 24.3 Å². The number of carbonyl (C=O) groups is 1. The lowest BCUT2D eigenvalue weighted by molar-refractivity contribution is -0.137. The molecule has 0 saturated carbocycles. The summed E-state index contributed by atoms with van der Waals surface area (Å²) in [6.45, 7) is 0.0401. The van der Waals surface area contributed by atoms with E-state index >= 15 is 0 Å². The second-order valence-corrected chi connectivity index (χ2v) is 5.68. The Bertz CT molecular complexity index is 985. The van der Waals surface area contributed by atoms with E-state index in [-0.39, 0.29) is 29.0 Å². The van der Waals surface area contributed by atoms with Crippen LogP contribution in [0.5, 0.6) is 11.5 Å². The number of aromatic carboxylic acids is 1. The summed E-state index contributed by atoms with van der Waals surface area (Å²) in [5.41, 5.74) is -0.335. The van der Waals surface area contributed by atoms with Gasteiger partial charge in [-0.3, -0.25) is 0 Å². The summed E-state index contributed by atoms with van der Waals surface area (Å²) in [6, 6.07) is 10.9. The molecule has 1 aromatic heterocycles. The maximum Gasteiger partial charge on any atom is 0.416 e. The van der Waals surface area contributed by atoms with Crippen molar-refractivity contribution in [1.82, 2.24) is 4.98 Å². The molecular formula is C19H14F3NO4. The maximum atomic E-state index is 13.0. The number of methoxy groups -OCH3 is 1. The molecule has 0 aliphatic rings. The van der Waals surface area contributed by atoms with Crippen LogP contribution in [0.3, 0.4) is 0 Å². The molecule has 27 heavy (non-hydrogen) atoms. The van der Waals surface area contributed by atoms with E-state index in [2.05, 4.69) is 4.98 Å². The van der Waals surface area contributed by atoms with Crippen molar-refractivity contribution in [2.24, 2.45) is 0 Å². The number of carboxylic acid groups (broad SMARTS) is 1. The first-order valence-electron chi connectivity index (χ1n) is 7.79. The van der Waals surface area contributed by atoms with E-state index in [0.29, 0.717) is 5.75 Å². The van der Waals surface area contributed by atoms with E-state index in [0.717, 1.165) is 29.8 Å². The van der Waals surface area contributed by atoms with Gasteiger partial charge in [-0.1, -0.05) is 12.1 Å². The van der Waals surface area contributed by atoms with Crippen molar-refractivity contribution in [2.75, 3.05) is 7.11 Å². The van der Waals surface area contributed by atoms with Gasteiger partial charge in [0.1, 0.15) is 18.1 Å². The van der Waals surface area contributed by atoms with Gasteiger partial charge in [-0.2, -0.15) is 13.2 Å². The third kappa shape index (κ3) is 4.11. The first kappa shape index (κ1) is 18.5. The summed E-state index contributed by atoms with van der Waals surface area (Å²) in [5, 5.41) is 9.27. The predicted octanol–water partition coefficient (Wildman–Crippen LogP) is 4.54. The number of pyridine rings is 1. The molecule has 0 radical (unpaired) electrons. The second kappa shape index (κ2) is 7.14. The van der Waals surface area contributed by atoms with Crippen molar-refractivity contribution < 1.29 is 32.5 Å². The van der Waals surface area contributed by atoms with E-state index in [9.17, 15) is 23.1 Å². The molecular weight excluding hydrogens is 363 g/mol. The highest BCUT2D eigenvalue weighted by Crippen LogP contribution is 2.34. The minimum Gasteiger partial charge on any atom is -0.497 e. The minimum atomic E-state index is -4.53. The van der Waals surface area contributed by atoms with Gasteiger partial charge in [-0.05, 0) is 35.9 Å². The van der Waals surface area contributed by atoms with Crippen molar-refractivity contribution in [3.05, 3.63) is 65.4 Å². The lowest BCUT2D eigenvalue weighted by atomic mass is 10.1. The van der Waals surface area contributed by atoms with Crippen LogP contribution in [0, 0.1) is 0 Å². The first-order chi connectivity index (χ1) is 12.8. The highest BCUT2D eigenvalue weighted by molar-refractivity contribution is 5.93. The van der Waals surface area contributed by atoms with Crippen LogP contribution in [0.4, 0.5) is 13.2 Å². The number of hydrogen-bond donors (Lipinski definition) is 1. The number of carboxylic acids is 1. The number of fused-ring (bicyclic) bond motifs is 1. The van der Waals surface area contributed by atoms with Crippen LogP contribution in [-0.2, 0) is 12.8 Å². The zero-order chi connectivity index (χ0) is 19.6. The molecule has 1 N–H and O–H groups in total. The topological polar surface area (TPSA) is 68.7 Å². The van der Waals surface area contributed by atoms with Crippen LogP contribution < -0.4 is 9.47 Å². The summed E-state index contributed by atoms with van der Waals surface area (Å²) >= 11 is 0. The molecule has 0 bridgehead atoms. The highest BCUT2D eigenvalue weighted by Gasteiger charge is 2.31. The fourth-order valence-electron chi connectivity index (χ4n) is 2.48. The van der Waals surface area contributed by atoms with Crippen molar-refractivity contribution in [2.45, 2.75) is 12.8 Å². The Balaban J connectivity index is 2.00.